The summed E-state index contributed by atoms with van der Waals surface area (Å²) in [6.45, 7) is 3.95. The van der Waals surface area contributed by atoms with Gasteiger partial charge < -0.3 is 15.2 Å². The minimum absolute atomic E-state index is 0.00383. The zero-order valence-electron chi connectivity index (χ0n) is 15.8. The van der Waals surface area contributed by atoms with Gasteiger partial charge in [0.25, 0.3) is 0 Å². The zero-order chi connectivity index (χ0) is 19.5. The van der Waals surface area contributed by atoms with Crippen molar-refractivity contribution in [3.8, 4) is 23.1 Å². The molecule has 4 rings (SSSR count). The van der Waals surface area contributed by atoms with Crippen molar-refractivity contribution in [1.82, 2.24) is 9.97 Å². The van der Waals surface area contributed by atoms with E-state index in [1.54, 1.807) is 12.4 Å². The van der Waals surface area contributed by atoms with Gasteiger partial charge in [-0.15, -0.1) is 0 Å². The predicted molar refractivity (Wildman–Crippen MR) is 110 cm³/mol. The number of ether oxygens (including phenoxy) is 2. The highest BCUT2D eigenvalue weighted by Crippen LogP contribution is 2.30. The van der Waals surface area contributed by atoms with Crippen LogP contribution in [0.2, 0.25) is 0 Å². The summed E-state index contributed by atoms with van der Waals surface area (Å²) in [5, 5.41) is 1.04. The van der Waals surface area contributed by atoms with E-state index >= 15 is 0 Å². The lowest BCUT2D eigenvalue weighted by Gasteiger charge is -2.12. The van der Waals surface area contributed by atoms with Gasteiger partial charge in [0.15, 0.2) is 0 Å². The molecule has 0 spiro atoms. The number of rotatable bonds is 5. The molecule has 28 heavy (non-hydrogen) atoms. The van der Waals surface area contributed by atoms with E-state index < -0.39 is 0 Å². The molecule has 5 nitrogen and oxygen atoms in total. The van der Waals surface area contributed by atoms with E-state index in [4.69, 9.17) is 15.2 Å². The van der Waals surface area contributed by atoms with Gasteiger partial charge in [-0.05, 0) is 73.5 Å². The molecule has 2 heterocycles. The van der Waals surface area contributed by atoms with E-state index in [9.17, 15) is 0 Å². The van der Waals surface area contributed by atoms with E-state index in [2.05, 4.69) is 16.0 Å². The lowest BCUT2D eigenvalue weighted by Crippen LogP contribution is -2.04. The van der Waals surface area contributed by atoms with Crippen molar-refractivity contribution in [2.45, 2.75) is 19.9 Å². The third-order valence-corrected chi connectivity index (χ3v) is 4.46. The normalized spacial score (nSPS) is 12.0. The Morgan fingerprint density at radius 2 is 1.68 bits per heavy atom. The summed E-state index contributed by atoms with van der Waals surface area (Å²) >= 11 is 0. The Morgan fingerprint density at radius 1 is 0.857 bits per heavy atom. The number of aromatic nitrogens is 2. The topological polar surface area (TPSA) is 70.3 Å². The van der Waals surface area contributed by atoms with Gasteiger partial charge in [0, 0.05) is 29.9 Å². The van der Waals surface area contributed by atoms with Crippen LogP contribution in [-0.4, -0.2) is 9.97 Å². The van der Waals surface area contributed by atoms with Crippen LogP contribution in [-0.2, 0) is 0 Å². The van der Waals surface area contributed by atoms with Gasteiger partial charge >= 0.3 is 0 Å². The van der Waals surface area contributed by atoms with Crippen LogP contribution in [0.25, 0.3) is 10.9 Å². The van der Waals surface area contributed by atoms with E-state index in [1.165, 1.54) is 0 Å². The first-order valence-corrected chi connectivity index (χ1v) is 9.11. The number of hydrogen-bond donors (Lipinski definition) is 1. The molecule has 0 fully saturated rings. The minimum atomic E-state index is -0.00383. The molecule has 2 aromatic carbocycles. The summed E-state index contributed by atoms with van der Waals surface area (Å²) in [7, 11) is 0. The number of fused-ring (bicyclic) bond motifs is 1. The molecule has 0 aliphatic rings. The van der Waals surface area contributed by atoms with Crippen LogP contribution in [0.15, 0.2) is 73.1 Å². The Labute approximate surface area is 163 Å². The fraction of sp³-hybridized carbons (Fsp3) is 0.130. The van der Waals surface area contributed by atoms with Gasteiger partial charge in [0.1, 0.15) is 17.2 Å². The summed E-state index contributed by atoms with van der Waals surface area (Å²) in [5.41, 5.74) is 8.87. The smallest absolute Gasteiger partial charge is 0.219 e. The second-order valence-electron chi connectivity index (χ2n) is 6.70. The third kappa shape index (κ3) is 3.94. The van der Waals surface area contributed by atoms with Crippen LogP contribution >= 0.6 is 0 Å². The molecule has 4 aromatic rings. The average molecular weight is 371 g/mol. The third-order valence-electron chi connectivity index (χ3n) is 4.46. The summed E-state index contributed by atoms with van der Waals surface area (Å²) in [6.07, 6.45) is 3.39. The molecule has 0 aliphatic heterocycles. The van der Waals surface area contributed by atoms with Gasteiger partial charge in [-0.1, -0.05) is 6.07 Å². The fourth-order valence-corrected chi connectivity index (χ4v) is 2.92. The first kappa shape index (κ1) is 17.9. The predicted octanol–water partition coefficient (Wildman–Crippen LogP) is 5.54. The van der Waals surface area contributed by atoms with Crippen LogP contribution in [0.4, 0.5) is 0 Å². The molecule has 0 saturated carbocycles. The minimum Gasteiger partial charge on any atom is -0.457 e. The van der Waals surface area contributed by atoms with Crippen molar-refractivity contribution < 1.29 is 9.47 Å². The fourth-order valence-electron chi connectivity index (χ4n) is 2.92. The standard InChI is InChI=1S/C23H21N3O2/c1-15-13-20(27-19-9-11-25-12-10-19)5-7-22(15)28-23-8-4-18-14-17(16(2)24)3-6-21(18)26-23/h3-14,16H,24H2,1-2H3. The van der Waals surface area contributed by atoms with Gasteiger partial charge in [0.05, 0.1) is 5.52 Å². The van der Waals surface area contributed by atoms with Crippen molar-refractivity contribution in [2.24, 2.45) is 5.73 Å². The number of nitrogens with two attached hydrogens (primary N) is 1. The summed E-state index contributed by atoms with van der Waals surface area (Å²) in [6, 6.07) is 19.2. The van der Waals surface area contributed by atoms with Crippen molar-refractivity contribution >= 4 is 10.9 Å². The number of benzene rings is 2. The quantitative estimate of drug-likeness (QED) is 0.498. The van der Waals surface area contributed by atoms with Gasteiger partial charge in [0.2, 0.25) is 5.88 Å². The van der Waals surface area contributed by atoms with E-state index in [0.29, 0.717) is 5.88 Å². The molecule has 0 aliphatic carbocycles. The summed E-state index contributed by atoms with van der Waals surface area (Å²) in [5.74, 6) is 2.77. The Kier molecular flexibility index (Phi) is 4.91. The SMILES string of the molecule is Cc1cc(Oc2ccncc2)ccc1Oc1ccc2cc(C(C)N)ccc2n1. The Bertz CT molecular complexity index is 1110. The van der Waals surface area contributed by atoms with Crippen LogP contribution < -0.4 is 15.2 Å². The Hall–Kier alpha value is -3.44. The van der Waals surface area contributed by atoms with Crippen molar-refractivity contribution in [2.75, 3.05) is 0 Å². The highest BCUT2D eigenvalue weighted by Gasteiger charge is 2.08. The number of nitrogens with zero attached hydrogens (tertiary/aromatic N) is 2. The lowest BCUT2D eigenvalue weighted by molar-refractivity contribution is 0.454. The van der Waals surface area contributed by atoms with Crippen LogP contribution in [0.1, 0.15) is 24.1 Å². The largest absolute Gasteiger partial charge is 0.457 e. The van der Waals surface area contributed by atoms with Crippen LogP contribution in [0, 0.1) is 6.92 Å². The maximum atomic E-state index is 6.00. The van der Waals surface area contributed by atoms with Gasteiger partial charge in [-0.25, -0.2) is 4.98 Å². The molecule has 0 saturated heterocycles. The number of pyridine rings is 2. The van der Waals surface area contributed by atoms with E-state index in [-0.39, 0.29) is 6.04 Å². The average Bonchev–Trinajstić information content (AvgIpc) is 2.70. The molecule has 1 unspecified atom stereocenters. The van der Waals surface area contributed by atoms with Crippen LogP contribution in [0.3, 0.4) is 0 Å². The molecule has 1 atom stereocenters. The molecule has 5 heteroatoms. The van der Waals surface area contributed by atoms with Gasteiger partial charge in [-0.3, -0.25) is 4.98 Å². The molecule has 2 aromatic heterocycles. The van der Waals surface area contributed by atoms with E-state index in [1.807, 2.05) is 68.4 Å². The maximum Gasteiger partial charge on any atom is 0.219 e. The van der Waals surface area contributed by atoms with Crippen LogP contribution in [0.5, 0.6) is 23.1 Å². The molecular formula is C23H21N3O2. The van der Waals surface area contributed by atoms with Crippen molar-refractivity contribution in [3.05, 3.63) is 84.2 Å². The zero-order valence-corrected chi connectivity index (χ0v) is 15.8. The Morgan fingerprint density at radius 3 is 2.43 bits per heavy atom. The first-order chi connectivity index (χ1) is 13.6. The molecule has 140 valence electrons. The second-order valence-corrected chi connectivity index (χ2v) is 6.70. The number of hydrogen-bond acceptors (Lipinski definition) is 5. The molecule has 0 radical (unpaired) electrons. The first-order valence-electron chi connectivity index (χ1n) is 9.11. The van der Waals surface area contributed by atoms with Crippen molar-refractivity contribution in [3.63, 3.8) is 0 Å². The number of aryl methyl sites for hydroxylation is 1. The Balaban J connectivity index is 1.54. The summed E-state index contributed by atoms with van der Waals surface area (Å²) in [4.78, 5) is 8.59. The second kappa shape index (κ2) is 7.66. The molecule has 2 N–H and O–H groups in total. The molecular weight excluding hydrogens is 350 g/mol. The highest BCUT2D eigenvalue weighted by molar-refractivity contribution is 5.80. The van der Waals surface area contributed by atoms with Crippen molar-refractivity contribution in [1.29, 1.82) is 0 Å². The highest BCUT2D eigenvalue weighted by atomic mass is 16.5. The van der Waals surface area contributed by atoms with E-state index in [0.717, 1.165) is 39.3 Å². The van der Waals surface area contributed by atoms with Gasteiger partial charge in [-0.2, -0.15) is 0 Å². The maximum absolute atomic E-state index is 6.00. The monoisotopic (exact) mass is 371 g/mol. The lowest BCUT2D eigenvalue weighted by atomic mass is 10.1. The molecule has 0 amide bonds. The summed E-state index contributed by atoms with van der Waals surface area (Å²) < 4.78 is 11.8. The molecule has 0 bridgehead atoms.